The number of benzene rings is 2. The highest BCUT2D eigenvalue weighted by molar-refractivity contribution is 5.80. The van der Waals surface area contributed by atoms with Gasteiger partial charge in [0, 0.05) is 24.4 Å². The van der Waals surface area contributed by atoms with Gasteiger partial charge < -0.3 is 20.5 Å². The Morgan fingerprint density at radius 2 is 1.53 bits per heavy atom. The Morgan fingerprint density at radius 3 is 2.09 bits per heavy atom. The molecule has 0 saturated heterocycles. The van der Waals surface area contributed by atoms with Crippen molar-refractivity contribution in [1.82, 2.24) is 10.6 Å². The minimum Gasteiger partial charge on any atom is -0.481 e. The summed E-state index contributed by atoms with van der Waals surface area (Å²) in [6.45, 7) is 4.09. The zero-order valence-corrected chi connectivity index (χ0v) is 19.9. The first-order valence-corrected chi connectivity index (χ1v) is 12.1. The molecule has 0 fully saturated rings. The second kappa shape index (κ2) is 12.2. The Kier molecular flexibility index (Phi) is 9.08. The van der Waals surface area contributed by atoms with Crippen LogP contribution in [-0.4, -0.2) is 41.8 Å². The van der Waals surface area contributed by atoms with Crippen molar-refractivity contribution in [3.05, 3.63) is 59.7 Å². The summed E-state index contributed by atoms with van der Waals surface area (Å²) in [5, 5.41) is 14.6. The monoisotopic (exact) mass is 466 g/mol. The van der Waals surface area contributed by atoms with Crippen molar-refractivity contribution in [3.8, 4) is 11.1 Å². The molecule has 0 radical (unpaired) electrons. The van der Waals surface area contributed by atoms with Crippen LogP contribution in [0.1, 0.15) is 69.4 Å². The van der Waals surface area contributed by atoms with Crippen LogP contribution in [0.25, 0.3) is 11.1 Å². The van der Waals surface area contributed by atoms with Gasteiger partial charge in [0.15, 0.2) is 0 Å². The highest BCUT2D eigenvalue weighted by atomic mass is 16.5. The fourth-order valence-corrected chi connectivity index (χ4v) is 4.50. The number of carboxylic acids is 1. The number of carboxylic acid groups (broad SMARTS) is 1. The number of aliphatic carboxylic acids is 1. The maximum Gasteiger partial charge on any atom is 0.407 e. The molecule has 3 N–H and O–H groups in total. The SMILES string of the molecule is CCCC[C@@H](CC(=O)NC(CC)CC(=O)O)NC(=O)OCC1c2ccccc2-c2ccccc21. The van der Waals surface area contributed by atoms with E-state index in [0.29, 0.717) is 12.8 Å². The number of amides is 2. The lowest BCUT2D eigenvalue weighted by molar-refractivity contribution is -0.137. The predicted octanol–water partition coefficient (Wildman–Crippen LogP) is 4.84. The van der Waals surface area contributed by atoms with Gasteiger partial charge in [-0.1, -0.05) is 75.2 Å². The summed E-state index contributed by atoms with van der Waals surface area (Å²) in [5.41, 5.74) is 4.61. The number of carbonyl (C=O) groups is 3. The average molecular weight is 467 g/mol. The molecule has 3 rings (SSSR count). The van der Waals surface area contributed by atoms with Crippen LogP contribution in [0.2, 0.25) is 0 Å². The predicted molar refractivity (Wildman–Crippen MR) is 131 cm³/mol. The molecule has 2 atom stereocenters. The molecule has 0 spiro atoms. The molecule has 2 aromatic rings. The third-order valence-electron chi connectivity index (χ3n) is 6.28. The number of unbranched alkanes of at least 4 members (excludes halogenated alkanes) is 1. The molecule has 7 heteroatoms. The molecule has 2 amide bonds. The fraction of sp³-hybridized carbons (Fsp3) is 0.444. The van der Waals surface area contributed by atoms with Gasteiger partial charge in [-0.3, -0.25) is 9.59 Å². The van der Waals surface area contributed by atoms with Gasteiger partial charge in [0.25, 0.3) is 0 Å². The summed E-state index contributed by atoms with van der Waals surface area (Å²) in [7, 11) is 0. The van der Waals surface area contributed by atoms with E-state index >= 15 is 0 Å². The maximum atomic E-state index is 12.7. The van der Waals surface area contributed by atoms with E-state index in [1.807, 2.05) is 38.1 Å². The number of fused-ring (bicyclic) bond motifs is 3. The summed E-state index contributed by atoms with van der Waals surface area (Å²) >= 11 is 0. The van der Waals surface area contributed by atoms with E-state index in [4.69, 9.17) is 9.84 Å². The molecule has 0 bridgehead atoms. The number of rotatable bonds is 12. The van der Waals surface area contributed by atoms with Gasteiger partial charge in [-0.25, -0.2) is 4.79 Å². The van der Waals surface area contributed by atoms with E-state index in [2.05, 4.69) is 34.9 Å². The number of ether oxygens (including phenoxy) is 1. The van der Waals surface area contributed by atoms with Crippen LogP contribution in [0, 0.1) is 0 Å². The Morgan fingerprint density at radius 1 is 0.912 bits per heavy atom. The van der Waals surface area contributed by atoms with Crippen LogP contribution in [-0.2, 0) is 14.3 Å². The quantitative estimate of drug-likeness (QED) is 0.415. The standard InChI is InChI=1S/C27H34N2O5/c1-3-5-10-19(15-25(30)28-18(4-2)16-26(31)32)29-27(33)34-17-24-22-13-8-6-11-20(22)21-12-7-9-14-23(21)24/h6-9,11-14,18-19,24H,3-5,10,15-17H2,1-2H3,(H,28,30)(H,29,33)(H,31,32)/t18?,19-/m0/s1. The molecule has 0 aliphatic heterocycles. The van der Waals surface area contributed by atoms with E-state index in [1.54, 1.807) is 0 Å². The molecule has 7 nitrogen and oxygen atoms in total. The summed E-state index contributed by atoms with van der Waals surface area (Å²) < 4.78 is 5.63. The minimum atomic E-state index is -0.952. The van der Waals surface area contributed by atoms with E-state index in [-0.39, 0.29) is 37.3 Å². The topological polar surface area (TPSA) is 105 Å². The summed E-state index contributed by atoms with van der Waals surface area (Å²) in [4.78, 5) is 36.1. The van der Waals surface area contributed by atoms with E-state index in [0.717, 1.165) is 35.1 Å². The molecule has 34 heavy (non-hydrogen) atoms. The van der Waals surface area contributed by atoms with Gasteiger partial charge >= 0.3 is 12.1 Å². The zero-order chi connectivity index (χ0) is 24.5. The average Bonchev–Trinajstić information content (AvgIpc) is 3.14. The van der Waals surface area contributed by atoms with Crippen molar-refractivity contribution in [2.75, 3.05) is 6.61 Å². The molecular weight excluding hydrogens is 432 g/mol. The summed E-state index contributed by atoms with van der Waals surface area (Å²) in [6, 6.07) is 15.5. The van der Waals surface area contributed by atoms with Crippen LogP contribution < -0.4 is 10.6 Å². The summed E-state index contributed by atoms with van der Waals surface area (Å²) in [6.07, 6.45) is 2.37. The first-order chi connectivity index (χ1) is 16.4. The Hall–Kier alpha value is -3.35. The second-order valence-electron chi connectivity index (χ2n) is 8.78. The zero-order valence-electron chi connectivity index (χ0n) is 19.9. The van der Waals surface area contributed by atoms with E-state index in [1.165, 1.54) is 0 Å². The molecule has 1 aliphatic carbocycles. The molecule has 0 aromatic heterocycles. The fourth-order valence-electron chi connectivity index (χ4n) is 4.50. The lowest BCUT2D eigenvalue weighted by Gasteiger charge is -2.21. The van der Waals surface area contributed by atoms with Gasteiger partial charge in [0.2, 0.25) is 5.91 Å². The van der Waals surface area contributed by atoms with Crippen molar-refractivity contribution in [2.45, 2.75) is 70.4 Å². The van der Waals surface area contributed by atoms with Crippen LogP contribution in [0.5, 0.6) is 0 Å². The number of carbonyl (C=O) groups excluding carboxylic acids is 2. The van der Waals surface area contributed by atoms with Crippen molar-refractivity contribution in [3.63, 3.8) is 0 Å². The van der Waals surface area contributed by atoms with Gasteiger partial charge in [-0.15, -0.1) is 0 Å². The molecule has 0 heterocycles. The highest BCUT2D eigenvalue weighted by Crippen LogP contribution is 2.44. The van der Waals surface area contributed by atoms with Crippen LogP contribution in [0.15, 0.2) is 48.5 Å². The van der Waals surface area contributed by atoms with Gasteiger partial charge in [-0.05, 0) is 35.1 Å². The number of alkyl carbamates (subject to hydrolysis) is 1. The first kappa shape index (κ1) is 25.3. The molecular formula is C27H34N2O5. The van der Waals surface area contributed by atoms with Gasteiger partial charge in [-0.2, -0.15) is 0 Å². The van der Waals surface area contributed by atoms with Crippen LogP contribution in [0.3, 0.4) is 0 Å². The maximum absolute atomic E-state index is 12.7. The van der Waals surface area contributed by atoms with Gasteiger partial charge in [0.05, 0.1) is 6.42 Å². The van der Waals surface area contributed by atoms with E-state index in [9.17, 15) is 14.4 Å². The molecule has 1 unspecified atom stereocenters. The van der Waals surface area contributed by atoms with Crippen molar-refractivity contribution in [2.24, 2.45) is 0 Å². The normalized spacial score (nSPS) is 13.9. The summed E-state index contributed by atoms with van der Waals surface area (Å²) in [5.74, 6) is -1.25. The second-order valence-corrected chi connectivity index (χ2v) is 8.78. The van der Waals surface area contributed by atoms with Crippen molar-refractivity contribution < 1.29 is 24.2 Å². The van der Waals surface area contributed by atoms with Gasteiger partial charge in [0.1, 0.15) is 6.61 Å². The number of hydrogen-bond acceptors (Lipinski definition) is 4. The molecule has 0 saturated carbocycles. The highest BCUT2D eigenvalue weighted by Gasteiger charge is 2.29. The lowest BCUT2D eigenvalue weighted by Crippen LogP contribution is -2.42. The Labute approximate surface area is 200 Å². The Bertz CT molecular complexity index is 961. The third-order valence-corrected chi connectivity index (χ3v) is 6.28. The molecule has 182 valence electrons. The largest absolute Gasteiger partial charge is 0.481 e. The van der Waals surface area contributed by atoms with Crippen LogP contribution in [0.4, 0.5) is 4.79 Å². The third kappa shape index (κ3) is 6.59. The Balaban J connectivity index is 1.59. The first-order valence-electron chi connectivity index (χ1n) is 12.1. The molecule has 2 aromatic carbocycles. The minimum absolute atomic E-state index is 0.0307. The van der Waals surface area contributed by atoms with Crippen molar-refractivity contribution >= 4 is 18.0 Å². The number of nitrogens with one attached hydrogen (secondary N) is 2. The van der Waals surface area contributed by atoms with Crippen molar-refractivity contribution in [1.29, 1.82) is 0 Å². The van der Waals surface area contributed by atoms with Crippen LogP contribution >= 0.6 is 0 Å². The number of hydrogen-bond donors (Lipinski definition) is 3. The molecule has 1 aliphatic rings. The van der Waals surface area contributed by atoms with E-state index < -0.39 is 18.1 Å². The lowest BCUT2D eigenvalue weighted by atomic mass is 9.98. The smallest absolute Gasteiger partial charge is 0.407 e.